The van der Waals surface area contributed by atoms with Crippen LogP contribution in [0.3, 0.4) is 0 Å². The van der Waals surface area contributed by atoms with Crippen molar-refractivity contribution < 1.29 is 19.2 Å². The van der Waals surface area contributed by atoms with E-state index in [4.69, 9.17) is 10.5 Å². The van der Waals surface area contributed by atoms with Gasteiger partial charge < -0.3 is 15.2 Å². The monoisotopic (exact) mass is 240 g/mol. The molecule has 0 aliphatic heterocycles. The van der Waals surface area contributed by atoms with Gasteiger partial charge in [-0.05, 0) is 5.56 Å². The molecule has 0 fully saturated rings. The number of hydrogen-bond donors (Lipinski definition) is 1. The molecule has 92 valence electrons. The summed E-state index contributed by atoms with van der Waals surface area (Å²) in [4.78, 5) is 21.2. The number of anilines is 1. The molecule has 0 amide bonds. The predicted molar refractivity (Wildman–Crippen MR) is 59.8 cm³/mol. The fraction of sp³-hybridized carbons (Fsp3) is 0.300. The number of carbonyl (C=O) groups excluding carboxylic acids is 1. The molecular weight excluding hydrogens is 228 g/mol. The van der Waals surface area contributed by atoms with Crippen LogP contribution in [0.4, 0.5) is 11.4 Å². The van der Waals surface area contributed by atoms with Crippen LogP contribution in [0.15, 0.2) is 12.1 Å². The van der Waals surface area contributed by atoms with Crippen LogP contribution in [-0.2, 0) is 16.0 Å². The van der Waals surface area contributed by atoms with Crippen molar-refractivity contribution in [3.8, 4) is 5.75 Å². The van der Waals surface area contributed by atoms with Gasteiger partial charge in [-0.2, -0.15) is 0 Å². The number of esters is 1. The predicted octanol–water partition coefficient (Wildman–Crippen LogP) is 0.901. The molecule has 0 aliphatic rings. The highest BCUT2D eigenvalue weighted by molar-refractivity contribution is 5.77. The lowest BCUT2D eigenvalue weighted by Gasteiger charge is -2.09. The Morgan fingerprint density at radius 3 is 2.59 bits per heavy atom. The van der Waals surface area contributed by atoms with E-state index in [1.165, 1.54) is 26.4 Å². The quantitative estimate of drug-likeness (QED) is 0.363. The molecule has 0 unspecified atom stereocenters. The molecule has 0 aromatic heterocycles. The molecule has 1 aromatic carbocycles. The largest absolute Gasteiger partial charge is 0.494 e. The van der Waals surface area contributed by atoms with Gasteiger partial charge in [0.1, 0.15) is 5.75 Å². The van der Waals surface area contributed by atoms with Crippen LogP contribution < -0.4 is 10.5 Å². The SMILES string of the molecule is COC(=O)Cc1cc([N+](=O)[O-])cc(OC)c1N. The molecule has 0 spiro atoms. The highest BCUT2D eigenvalue weighted by atomic mass is 16.6. The second kappa shape index (κ2) is 5.15. The minimum atomic E-state index is -0.581. The van der Waals surface area contributed by atoms with E-state index in [0.717, 1.165) is 0 Å². The van der Waals surface area contributed by atoms with Crippen molar-refractivity contribution in [2.24, 2.45) is 0 Å². The zero-order valence-electron chi connectivity index (χ0n) is 9.43. The number of rotatable bonds is 4. The average molecular weight is 240 g/mol. The van der Waals surface area contributed by atoms with E-state index >= 15 is 0 Å². The molecule has 0 aliphatic carbocycles. The summed E-state index contributed by atoms with van der Waals surface area (Å²) in [6.45, 7) is 0. The second-order valence-electron chi connectivity index (χ2n) is 3.23. The number of ether oxygens (including phenoxy) is 2. The molecule has 0 atom stereocenters. The fourth-order valence-electron chi connectivity index (χ4n) is 1.32. The Labute approximate surface area is 97.3 Å². The van der Waals surface area contributed by atoms with Crippen molar-refractivity contribution in [2.75, 3.05) is 20.0 Å². The number of nitro benzene ring substituents is 1. The van der Waals surface area contributed by atoms with E-state index < -0.39 is 10.9 Å². The van der Waals surface area contributed by atoms with E-state index in [9.17, 15) is 14.9 Å². The zero-order chi connectivity index (χ0) is 13.0. The van der Waals surface area contributed by atoms with Gasteiger partial charge in [0.25, 0.3) is 5.69 Å². The lowest BCUT2D eigenvalue weighted by molar-refractivity contribution is -0.385. The van der Waals surface area contributed by atoms with E-state index in [0.29, 0.717) is 5.56 Å². The molecule has 2 N–H and O–H groups in total. The van der Waals surface area contributed by atoms with Crippen molar-refractivity contribution in [3.05, 3.63) is 27.8 Å². The number of nitrogen functional groups attached to an aromatic ring is 1. The Balaban J connectivity index is 3.22. The highest BCUT2D eigenvalue weighted by Crippen LogP contribution is 2.31. The van der Waals surface area contributed by atoms with Gasteiger partial charge in [0.05, 0.1) is 37.3 Å². The van der Waals surface area contributed by atoms with Gasteiger partial charge >= 0.3 is 5.97 Å². The minimum Gasteiger partial charge on any atom is -0.494 e. The lowest BCUT2D eigenvalue weighted by Crippen LogP contribution is -2.08. The van der Waals surface area contributed by atoms with Crippen LogP contribution in [0, 0.1) is 10.1 Å². The molecular formula is C10H12N2O5. The first-order valence-corrected chi connectivity index (χ1v) is 4.67. The van der Waals surface area contributed by atoms with Crippen LogP contribution in [0.5, 0.6) is 5.75 Å². The Kier molecular flexibility index (Phi) is 3.86. The van der Waals surface area contributed by atoms with Crippen molar-refractivity contribution in [2.45, 2.75) is 6.42 Å². The summed E-state index contributed by atoms with van der Waals surface area (Å²) in [6, 6.07) is 2.44. The first kappa shape index (κ1) is 12.8. The number of carbonyl (C=O) groups is 1. The Bertz CT molecular complexity index is 458. The molecule has 7 nitrogen and oxygen atoms in total. The maximum Gasteiger partial charge on any atom is 0.310 e. The topological polar surface area (TPSA) is 105 Å². The third kappa shape index (κ3) is 2.83. The number of benzene rings is 1. The average Bonchev–Trinajstić information content (AvgIpc) is 2.31. The third-order valence-electron chi connectivity index (χ3n) is 2.21. The summed E-state index contributed by atoms with van der Waals surface area (Å²) in [5.41, 5.74) is 6.03. The molecule has 0 radical (unpaired) electrons. The van der Waals surface area contributed by atoms with Crippen LogP contribution in [0.2, 0.25) is 0 Å². The van der Waals surface area contributed by atoms with Crippen molar-refractivity contribution in [3.63, 3.8) is 0 Å². The smallest absolute Gasteiger partial charge is 0.310 e. The number of nitrogens with two attached hydrogens (primary N) is 1. The van der Waals surface area contributed by atoms with Gasteiger partial charge in [-0.1, -0.05) is 0 Å². The molecule has 7 heteroatoms. The summed E-state index contributed by atoms with van der Waals surface area (Å²) in [5.74, 6) is -0.364. The van der Waals surface area contributed by atoms with Crippen LogP contribution in [0.25, 0.3) is 0 Å². The van der Waals surface area contributed by atoms with E-state index in [1.54, 1.807) is 0 Å². The zero-order valence-corrected chi connectivity index (χ0v) is 9.43. The minimum absolute atomic E-state index is 0.139. The number of methoxy groups -OCH3 is 2. The summed E-state index contributed by atoms with van der Waals surface area (Å²) in [7, 11) is 2.57. The van der Waals surface area contributed by atoms with Gasteiger partial charge in [0, 0.05) is 6.07 Å². The molecule has 0 bridgehead atoms. The summed E-state index contributed by atoms with van der Waals surface area (Å²) in [6.07, 6.45) is -0.139. The second-order valence-corrected chi connectivity index (χ2v) is 3.23. The maximum atomic E-state index is 11.1. The van der Waals surface area contributed by atoms with Gasteiger partial charge in [-0.25, -0.2) is 0 Å². The van der Waals surface area contributed by atoms with Gasteiger partial charge in [-0.15, -0.1) is 0 Å². The number of hydrogen-bond acceptors (Lipinski definition) is 6. The van der Waals surface area contributed by atoms with Crippen molar-refractivity contribution in [1.29, 1.82) is 0 Å². The highest BCUT2D eigenvalue weighted by Gasteiger charge is 2.17. The Morgan fingerprint density at radius 1 is 1.47 bits per heavy atom. The van der Waals surface area contributed by atoms with Crippen LogP contribution >= 0.6 is 0 Å². The van der Waals surface area contributed by atoms with Crippen LogP contribution in [0.1, 0.15) is 5.56 Å². The molecule has 1 rings (SSSR count). The number of nitrogens with zero attached hydrogens (tertiary/aromatic N) is 1. The van der Waals surface area contributed by atoms with Crippen LogP contribution in [-0.4, -0.2) is 25.1 Å². The lowest BCUT2D eigenvalue weighted by atomic mass is 10.1. The van der Waals surface area contributed by atoms with Gasteiger partial charge in [0.15, 0.2) is 0 Å². The van der Waals surface area contributed by atoms with Crippen molar-refractivity contribution in [1.82, 2.24) is 0 Å². The fourth-order valence-corrected chi connectivity index (χ4v) is 1.32. The molecule has 17 heavy (non-hydrogen) atoms. The van der Waals surface area contributed by atoms with Gasteiger partial charge in [0.2, 0.25) is 0 Å². The third-order valence-corrected chi connectivity index (χ3v) is 2.21. The normalized spacial score (nSPS) is 9.76. The molecule has 0 saturated heterocycles. The van der Waals surface area contributed by atoms with Gasteiger partial charge in [-0.3, -0.25) is 14.9 Å². The number of non-ortho nitro benzene ring substituents is 1. The molecule has 0 heterocycles. The Morgan fingerprint density at radius 2 is 2.12 bits per heavy atom. The number of nitro groups is 1. The maximum absolute atomic E-state index is 11.1. The summed E-state index contributed by atoms with van der Waals surface area (Å²) >= 11 is 0. The van der Waals surface area contributed by atoms with E-state index in [1.807, 2.05) is 0 Å². The Hall–Kier alpha value is -2.31. The van der Waals surface area contributed by atoms with Crippen molar-refractivity contribution >= 4 is 17.3 Å². The van der Waals surface area contributed by atoms with E-state index in [-0.39, 0.29) is 23.5 Å². The first-order chi connectivity index (χ1) is 7.99. The standard InChI is InChI=1S/C10H12N2O5/c1-16-8-5-7(12(14)15)3-6(10(8)11)4-9(13)17-2/h3,5H,4,11H2,1-2H3. The molecule has 0 saturated carbocycles. The summed E-state index contributed by atoms with van der Waals surface area (Å²) in [5, 5.41) is 10.7. The summed E-state index contributed by atoms with van der Waals surface area (Å²) < 4.78 is 9.39. The van der Waals surface area contributed by atoms with E-state index in [2.05, 4.69) is 4.74 Å². The first-order valence-electron chi connectivity index (χ1n) is 4.67. The molecule has 1 aromatic rings.